The first-order valence-corrected chi connectivity index (χ1v) is 17.3. The maximum atomic E-state index is 15.4. The number of thioether (sulfide) groups is 2. The lowest BCUT2D eigenvalue weighted by Crippen LogP contribution is -2.52. The largest absolute Gasteiger partial charge is 0.351 e. The van der Waals surface area contributed by atoms with E-state index in [4.69, 9.17) is 12.2 Å². The van der Waals surface area contributed by atoms with E-state index in [2.05, 4.69) is 17.6 Å². The zero-order valence-electron chi connectivity index (χ0n) is 25.0. The number of thiocarbonyl (C=S) groups is 1. The van der Waals surface area contributed by atoms with Gasteiger partial charge in [0.1, 0.15) is 15.4 Å². The molecule has 1 fully saturated rings. The van der Waals surface area contributed by atoms with Gasteiger partial charge in [-0.15, -0.1) is 11.8 Å². The molecule has 0 bridgehead atoms. The van der Waals surface area contributed by atoms with Crippen molar-refractivity contribution in [2.45, 2.75) is 122 Å². The highest BCUT2D eigenvalue weighted by atomic mass is 32.2. The Morgan fingerprint density at radius 2 is 1.71 bits per heavy atom. The molecule has 0 aliphatic carbocycles. The minimum absolute atomic E-state index is 0.0347. The summed E-state index contributed by atoms with van der Waals surface area (Å²) in [6.45, 7) is 5.75. The fraction of sp³-hybridized carbons (Fsp3) is 0.645. The SMILES string of the molecule is CCCCCCCCCCCCSC(=S)SC(C)(C)C(=O)NCc1ccc2c(c1F)CN(C1CCC(=O)NC1=O)C2=O. The fourth-order valence-electron chi connectivity index (χ4n) is 5.21. The van der Waals surface area contributed by atoms with E-state index in [0.717, 1.165) is 15.7 Å². The van der Waals surface area contributed by atoms with Gasteiger partial charge >= 0.3 is 0 Å². The number of halogens is 1. The molecule has 232 valence electrons. The molecule has 42 heavy (non-hydrogen) atoms. The molecule has 4 amide bonds. The standard InChI is InChI=1S/C31H44FN3O4S3/c1-4-5-6-7-8-9-10-11-12-13-18-41-30(40)42-31(2,3)29(39)33-19-21-14-15-22-23(26(21)32)20-35(28(22)38)24-16-17-25(36)34-27(24)37/h14-15,24H,4-13,16-20H2,1-3H3,(H,33,39)(H,34,36,37). The molecular formula is C31H44FN3O4S3. The van der Waals surface area contributed by atoms with Gasteiger partial charge in [0.25, 0.3) is 5.91 Å². The predicted octanol–water partition coefficient (Wildman–Crippen LogP) is 6.65. The van der Waals surface area contributed by atoms with Gasteiger partial charge in [-0.05, 0) is 38.5 Å². The number of carbonyl (C=O) groups excluding carboxylic acids is 4. The minimum atomic E-state index is -0.826. The van der Waals surface area contributed by atoms with E-state index in [1.165, 1.54) is 86.6 Å². The van der Waals surface area contributed by atoms with Crippen LogP contribution in [0.4, 0.5) is 4.39 Å². The minimum Gasteiger partial charge on any atom is -0.351 e. The lowest BCUT2D eigenvalue weighted by Gasteiger charge is -2.29. The van der Waals surface area contributed by atoms with Crippen LogP contribution in [0, 0.1) is 5.82 Å². The summed E-state index contributed by atoms with van der Waals surface area (Å²) in [6.07, 6.45) is 13.2. The molecular weight excluding hydrogens is 594 g/mol. The summed E-state index contributed by atoms with van der Waals surface area (Å²) in [5.74, 6) is -1.23. The first-order valence-electron chi connectivity index (χ1n) is 15.1. The number of rotatable bonds is 16. The highest BCUT2D eigenvalue weighted by Crippen LogP contribution is 2.33. The van der Waals surface area contributed by atoms with E-state index in [0.29, 0.717) is 0 Å². The molecule has 11 heteroatoms. The maximum Gasteiger partial charge on any atom is 0.255 e. The monoisotopic (exact) mass is 637 g/mol. The summed E-state index contributed by atoms with van der Waals surface area (Å²) in [6, 6.07) is 2.22. The smallest absolute Gasteiger partial charge is 0.255 e. The van der Waals surface area contributed by atoms with Gasteiger partial charge in [0, 0.05) is 29.7 Å². The first-order chi connectivity index (χ1) is 20.0. The topological polar surface area (TPSA) is 95.6 Å². The van der Waals surface area contributed by atoms with Crippen molar-refractivity contribution in [3.8, 4) is 0 Å². The summed E-state index contributed by atoms with van der Waals surface area (Å²) in [4.78, 5) is 50.9. The fourth-order valence-corrected chi connectivity index (χ4v) is 8.29. The number of hydrogen-bond donors (Lipinski definition) is 2. The second kappa shape index (κ2) is 16.8. The summed E-state index contributed by atoms with van der Waals surface area (Å²) in [5.41, 5.74) is 0.668. The third-order valence-electron chi connectivity index (χ3n) is 7.77. The van der Waals surface area contributed by atoms with Crippen molar-refractivity contribution in [3.05, 3.63) is 34.6 Å². The van der Waals surface area contributed by atoms with E-state index in [-0.39, 0.29) is 54.4 Å². The average Bonchev–Trinajstić information content (AvgIpc) is 3.27. The van der Waals surface area contributed by atoms with Crippen LogP contribution in [0.1, 0.15) is 119 Å². The van der Waals surface area contributed by atoms with Gasteiger partial charge in [0.05, 0.1) is 11.3 Å². The Hall–Kier alpha value is -1.98. The summed E-state index contributed by atoms with van der Waals surface area (Å²) < 4.78 is 15.3. The predicted molar refractivity (Wildman–Crippen MR) is 173 cm³/mol. The molecule has 0 saturated carbocycles. The van der Waals surface area contributed by atoms with Crippen molar-refractivity contribution in [1.82, 2.24) is 15.5 Å². The number of hydrogen-bond acceptors (Lipinski definition) is 7. The third-order valence-corrected chi connectivity index (χ3v) is 10.6. The zero-order chi connectivity index (χ0) is 30.7. The van der Waals surface area contributed by atoms with Crippen molar-refractivity contribution >= 4 is 62.9 Å². The summed E-state index contributed by atoms with van der Waals surface area (Å²) in [7, 11) is 0. The number of carbonyl (C=O) groups is 4. The van der Waals surface area contributed by atoms with E-state index in [1.807, 2.05) is 0 Å². The molecule has 2 N–H and O–H groups in total. The van der Waals surface area contributed by atoms with E-state index < -0.39 is 28.4 Å². The van der Waals surface area contributed by atoms with E-state index in [1.54, 1.807) is 25.6 Å². The van der Waals surface area contributed by atoms with Crippen LogP contribution in [-0.2, 0) is 27.5 Å². The molecule has 3 rings (SSSR count). The third kappa shape index (κ3) is 9.77. The van der Waals surface area contributed by atoms with E-state index in [9.17, 15) is 19.2 Å². The highest BCUT2D eigenvalue weighted by molar-refractivity contribution is 8.47. The van der Waals surface area contributed by atoms with Crippen LogP contribution in [0.25, 0.3) is 0 Å². The molecule has 2 aliphatic rings. The van der Waals surface area contributed by atoms with Gasteiger partial charge in [0.15, 0.2) is 0 Å². The molecule has 2 heterocycles. The maximum absolute atomic E-state index is 15.4. The zero-order valence-corrected chi connectivity index (χ0v) is 27.5. The van der Waals surface area contributed by atoms with Crippen LogP contribution in [0.2, 0.25) is 0 Å². The van der Waals surface area contributed by atoms with Gasteiger partial charge in [-0.1, -0.05) is 94.8 Å². The van der Waals surface area contributed by atoms with Gasteiger partial charge in [-0.25, -0.2) is 4.39 Å². The van der Waals surface area contributed by atoms with Gasteiger partial charge in [0.2, 0.25) is 17.7 Å². The Morgan fingerprint density at radius 1 is 1.07 bits per heavy atom. The molecule has 1 saturated heterocycles. The molecule has 2 aliphatic heterocycles. The summed E-state index contributed by atoms with van der Waals surface area (Å²) >= 11 is 8.49. The number of nitrogens with one attached hydrogen (secondary N) is 2. The molecule has 0 radical (unpaired) electrons. The molecule has 1 aromatic rings. The number of amides is 4. The van der Waals surface area contributed by atoms with Crippen LogP contribution < -0.4 is 10.6 Å². The van der Waals surface area contributed by atoms with Gasteiger partial charge in [-0.3, -0.25) is 24.5 Å². The lowest BCUT2D eigenvalue weighted by atomic mass is 10.0. The van der Waals surface area contributed by atoms with Crippen LogP contribution >= 0.6 is 35.7 Å². The number of benzene rings is 1. The Balaban J connectivity index is 1.40. The van der Waals surface area contributed by atoms with Gasteiger partial charge < -0.3 is 10.2 Å². The Morgan fingerprint density at radius 3 is 2.36 bits per heavy atom. The van der Waals surface area contributed by atoms with Crippen LogP contribution in [0.15, 0.2) is 12.1 Å². The number of piperidine rings is 1. The number of fused-ring (bicyclic) bond motifs is 1. The van der Waals surface area contributed by atoms with E-state index >= 15 is 4.39 Å². The molecule has 1 atom stereocenters. The quantitative estimate of drug-likeness (QED) is 0.119. The van der Waals surface area contributed by atoms with Crippen molar-refractivity contribution in [3.63, 3.8) is 0 Å². The second-order valence-corrected chi connectivity index (χ2v) is 15.5. The normalized spacial score (nSPS) is 16.9. The Kier molecular flexibility index (Phi) is 13.8. The van der Waals surface area contributed by atoms with Crippen molar-refractivity contribution in [2.75, 3.05) is 5.75 Å². The Bertz CT molecular complexity index is 1160. The molecule has 0 spiro atoms. The van der Waals surface area contributed by atoms with Crippen LogP contribution in [0.5, 0.6) is 0 Å². The summed E-state index contributed by atoms with van der Waals surface area (Å²) in [5, 5.41) is 5.06. The highest BCUT2D eigenvalue weighted by Gasteiger charge is 2.40. The Labute approximate surface area is 263 Å². The number of imide groups is 1. The number of unbranched alkanes of at least 4 members (excludes halogenated alkanes) is 9. The lowest BCUT2D eigenvalue weighted by molar-refractivity contribution is -0.137. The first kappa shape index (κ1) is 34.5. The molecule has 7 nitrogen and oxygen atoms in total. The average molecular weight is 638 g/mol. The molecule has 1 aromatic carbocycles. The van der Waals surface area contributed by atoms with Crippen LogP contribution in [-0.4, -0.2) is 48.6 Å². The van der Waals surface area contributed by atoms with Crippen molar-refractivity contribution in [1.29, 1.82) is 0 Å². The second-order valence-electron chi connectivity index (χ2n) is 11.5. The van der Waals surface area contributed by atoms with Gasteiger partial charge in [-0.2, -0.15) is 0 Å². The van der Waals surface area contributed by atoms with Crippen molar-refractivity contribution in [2.24, 2.45) is 0 Å². The molecule has 1 unspecified atom stereocenters. The number of nitrogens with zero attached hydrogens (tertiary/aromatic N) is 1. The molecule has 0 aromatic heterocycles. The van der Waals surface area contributed by atoms with Crippen molar-refractivity contribution < 1.29 is 23.6 Å². The van der Waals surface area contributed by atoms with Crippen LogP contribution in [0.3, 0.4) is 0 Å².